The van der Waals surface area contributed by atoms with Gasteiger partial charge in [0.1, 0.15) is 0 Å². The van der Waals surface area contributed by atoms with Crippen LogP contribution in [0.2, 0.25) is 0 Å². The Morgan fingerprint density at radius 2 is 2.08 bits per heavy atom. The van der Waals surface area contributed by atoms with E-state index in [1.165, 1.54) is 0 Å². The third-order valence-electron chi connectivity index (χ3n) is 2.07. The summed E-state index contributed by atoms with van der Waals surface area (Å²) in [5.41, 5.74) is 8.11. The molecule has 2 atom stereocenters. The molecule has 74 valence electrons. The van der Waals surface area contributed by atoms with Crippen molar-refractivity contribution in [2.75, 3.05) is 26.2 Å². The van der Waals surface area contributed by atoms with Gasteiger partial charge in [0.25, 0.3) is 0 Å². The average Bonchev–Trinajstić information content (AvgIpc) is 2.03. The number of hydrogen-bond donors (Lipinski definition) is 0. The molecule has 0 aliphatic carbocycles. The minimum atomic E-state index is 0.287. The van der Waals surface area contributed by atoms with Gasteiger partial charge in [-0.05, 0) is 19.4 Å². The van der Waals surface area contributed by atoms with Crippen LogP contribution in [-0.2, 0) is 4.74 Å². The van der Waals surface area contributed by atoms with E-state index in [0.717, 1.165) is 19.6 Å². The lowest BCUT2D eigenvalue weighted by molar-refractivity contribution is -0.0669. The minimum Gasteiger partial charge on any atom is -0.373 e. The molecule has 1 heterocycles. The fraction of sp³-hybridized carbons (Fsp3) is 1.00. The first kappa shape index (κ1) is 10.3. The van der Waals surface area contributed by atoms with Crippen molar-refractivity contribution in [3.8, 4) is 0 Å². The van der Waals surface area contributed by atoms with E-state index in [9.17, 15) is 0 Å². The fourth-order valence-corrected chi connectivity index (χ4v) is 1.70. The second-order valence-electron chi connectivity index (χ2n) is 3.47. The summed E-state index contributed by atoms with van der Waals surface area (Å²) in [6.07, 6.45) is 0.574. The van der Waals surface area contributed by atoms with Crippen LogP contribution in [0.15, 0.2) is 5.11 Å². The highest BCUT2D eigenvalue weighted by atomic mass is 16.5. The molecule has 0 aromatic rings. The minimum absolute atomic E-state index is 0.287. The molecule has 1 fully saturated rings. The Morgan fingerprint density at radius 1 is 1.46 bits per heavy atom. The van der Waals surface area contributed by atoms with Crippen molar-refractivity contribution < 1.29 is 4.74 Å². The Hall–Kier alpha value is -0.770. The van der Waals surface area contributed by atoms with E-state index in [2.05, 4.69) is 28.8 Å². The van der Waals surface area contributed by atoms with E-state index in [1.807, 2.05) is 0 Å². The zero-order chi connectivity index (χ0) is 9.68. The highest BCUT2D eigenvalue weighted by Crippen LogP contribution is 2.09. The molecule has 1 aliphatic rings. The van der Waals surface area contributed by atoms with E-state index in [1.54, 1.807) is 0 Å². The van der Waals surface area contributed by atoms with E-state index in [-0.39, 0.29) is 12.2 Å². The molecule has 1 aliphatic heterocycles. The third-order valence-corrected chi connectivity index (χ3v) is 2.07. The Labute approximate surface area is 78.3 Å². The van der Waals surface area contributed by atoms with Crippen LogP contribution in [0.1, 0.15) is 13.8 Å². The van der Waals surface area contributed by atoms with Crippen LogP contribution < -0.4 is 0 Å². The first-order valence-corrected chi connectivity index (χ1v) is 4.61. The highest BCUT2D eigenvalue weighted by Gasteiger charge is 2.20. The number of ether oxygens (including phenoxy) is 1. The molecule has 0 N–H and O–H groups in total. The van der Waals surface area contributed by atoms with E-state index in [0.29, 0.717) is 6.54 Å². The molecule has 2 unspecified atom stereocenters. The predicted molar refractivity (Wildman–Crippen MR) is 50.5 cm³/mol. The van der Waals surface area contributed by atoms with Crippen molar-refractivity contribution in [1.29, 1.82) is 0 Å². The summed E-state index contributed by atoms with van der Waals surface area (Å²) in [4.78, 5) is 5.00. The maximum absolute atomic E-state index is 8.11. The van der Waals surface area contributed by atoms with Crippen molar-refractivity contribution in [1.82, 2.24) is 4.90 Å². The van der Waals surface area contributed by atoms with Crippen molar-refractivity contribution >= 4 is 0 Å². The van der Waals surface area contributed by atoms with Gasteiger partial charge in [-0.2, -0.15) is 0 Å². The van der Waals surface area contributed by atoms with Crippen LogP contribution in [0.3, 0.4) is 0 Å². The zero-order valence-electron chi connectivity index (χ0n) is 8.18. The molecule has 5 heteroatoms. The second-order valence-corrected chi connectivity index (χ2v) is 3.47. The van der Waals surface area contributed by atoms with Gasteiger partial charge in [0.05, 0.1) is 12.2 Å². The van der Waals surface area contributed by atoms with E-state index in [4.69, 9.17) is 10.3 Å². The number of azide groups is 1. The number of nitrogens with zero attached hydrogens (tertiary/aromatic N) is 4. The standard InChI is InChI=1S/C8H16N4O/c1-7-5-12(4-3-10-11-9)6-8(2)13-7/h7-8H,3-6H2,1-2H3. The molecule has 0 bridgehead atoms. The smallest absolute Gasteiger partial charge is 0.0678 e. The van der Waals surface area contributed by atoms with E-state index >= 15 is 0 Å². The molecule has 5 nitrogen and oxygen atoms in total. The Balaban J connectivity index is 2.28. The zero-order valence-corrected chi connectivity index (χ0v) is 8.18. The van der Waals surface area contributed by atoms with Crippen molar-refractivity contribution in [2.24, 2.45) is 5.11 Å². The van der Waals surface area contributed by atoms with Gasteiger partial charge in [-0.1, -0.05) is 5.11 Å². The molecular formula is C8H16N4O. The lowest BCUT2D eigenvalue weighted by atomic mass is 10.2. The van der Waals surface area contributed by atoms with Crippen LogP contribution in [0, 0.1) is 0 Å². The molecule has 0 aromatic heterocycles. The first-order valence-electron chi connectivity index (χ1n) is 4.61. The average molecular weight is 184 g/mol. The first-order chi connectivity index (χ1) is 6.22. The van der Waals surface area contributed by atoms with Crippen molar-refractivity contribution in [3.05, 3.63) is 10.4 Å². The summed E-state index contributed by atoms with van der Waals surface area (Å²) in [6, 6.07) is 0. The SMILES string of the molecule is CC1CN(CCN=[N+]=[N-])CC(C)O1. The summed E-state index contributed by atoms with van der Waals surface area (Å²) >= 11 is 0. The maximum atomic E-state index is 8.11. The predicted octanol–water partition coefficient (Wildman–Crippen LogP) is 1.41. The van der Waals surface area contributed by atoms with Gasteiger partial charge in [0, 0.05) is 31.1 Å². The highest BCUT2D eigenvalue weighted by molar-refractivity contribution is 4.73. The Kier molecular flexibility index (Phi) is 4.02. The van der Waals surface area contributed by atoms with Crippen LogP contribution in [-0.4, -0.2) is 43.3 Å². The molecule has 0 aromatic carbocycles. The van der Waals surface area contributed by atoms with Gasteiger partial charge in [-0.3, -0.25) is 4.90 Å². The van der Waals surface area contributed by atoms with Crippen LogP contribution >= 0.6 is 0 Å². The fourth-order valence-electron chi connectivity index (χ4n) is 1.70. The van der Waals surface area contributed by atoms with E-state index < -0.39 is 0 Å². The summed E-state index contributed by atoms with van der Waals surface area (Å²) in [5, 5.41) is 3.51. The van der Waals surface area contributed by atoms with Crippen molar-refractivity contribution in [3.63, 3.8) is 0 Å². The third kappa shape index (κ3) is 3.63. The molecule has 0 radical (unpaired) electrons. The number of hydrogen-bond acceptors (Lipinski definition) is 3. The normalized spacial score (nSPS) is 29.7. The van der Waals surface area contributed by atoms with Gasteiger partial charge in [0.15, 0.2) is 0 Å². The number of rotatable bonds is 3. The molecule has 13 heavy (non-hydrogen) atoms. The second kappa shape index (κ2) is 5.07. The number of morpholine rings is 1. The lowest BCUT2D eigenvalue weighted by Crippen LogP contribution is -2.46. The van der Waals surface area contributed by atoms with Gasteiger partial charge in [-0.25, -0.2) is 0 Å². The lowest BCUT2D eigenvalue weighted by Gasteiger charge is -2.34. The monoisotopic (exact) mass is 184 g/mol. The summed E-state index contributed by atoms with van der Waals surface area (Å²) < 4.78 is 5.58. The quantitative estimate of drug-likeness (QED) is 0.378. The van der Waals surface area contributed by atoms with Gasteiger partial charge >= 0.3 is 0 Å². The Morgan fingerprint density at radius 3 is 2.62 bits per heavy atom. The summed E-state index contributed by atoms with van der Waals surface area (Å²) in [7, 11) is 0. The largest absolute Gasteiger partial charge is 0.373 e. The van der Waals surface area contributed by atoms with Crippen LogP contribution in [0.25, 0.3) is 10.4 Å². The topological polar surface area (TPSA) is 61.2 Å². The summed E-state index contributed by atoms with van der Waals surface area (Å²) in [5.74, 6) is 0. The molecular weight excluding hydrogens is 168 g/mol. The molecule has 0 spiro atoms. The Bertz CT molecular complexity index is 192. The molecule has 0 amide bonds. The van der Waals surface area contributed by atoms with Gasteiger partial charge < -0.3 is 4.74 Å². The van der Waals surface area contributed by atoms with Gasteiger partial charge in [0.2, 0.25) is 0 Å². The van der Waals surface area contributed by atoms with Crippen LogP contribution in [0.4, 0.5) is 0 Å². The van der Waals surface area contributed by atoms with Crippen LogP contribution in [0.5, 0.6) is 0 Å². The van der Waals surface area contributed by atoms with Gasteiger partial charge in [-0.15, -0.1) is 0 Å². The molecule has 1 rings (SSSR count). The maximum Gasteiger partial charge on any atom is 0.0678 e. The molecule has 0 saturated carbocycles. The summed E-state index contributed by atoms with van der Waals surface area (Å²) in [6.45, 7) is 7.39. The van der Waals surface area contributed by atoms with Crippen molar-refractivity contribution in [2.45, 2.75) is 26.1 Å². The molecule has 1 saturated heterocycles.